The van der Waals surface area contributed by atoms with Gasteiger partial charge in [0.2, 0.25) is 0 Å². The normalized spacial score (nSPS) is 19.8. The van der Waals surface area contributed by atoms with Crippen molar-refractivity contribution in [2.24, 2.45) is 0 Å². The van der Waals surface area contributed by atoms with Crippen LogP contribution in [0.15, 0.2) is 60.2 Å². The monoisotopic (exact) mass is 413 g/mol. The predicted octanol–water partition coefficient (Wildman–Crippen LogP) is 4.23. The summed E-state index contributed by atoms with van der Waals surface area (Å²) in [7, 11) is 0. The first kappa shape index (κ1) is 21.1. The number of aliphatic hydroxyl groups is 1. The zero-order valence-corrected chi connectivity index (χ0v) is 16.6. The number of allylic oxidation sites excluding steroid dienone is 4. The Morgan fingerprint density at radius 3 is 2.77 bits per heavy atom. The molecule has 1 amide bonds. The number of hydrogen-bond acceptors (Lipinski definition) is 5. The molecule has 156 valence electrons. The highest BCUT2D eigenvalue weighted by atomic mass is 19.2. The van der Waals surface area contributed by atoms with E-state index in [1.54, 1.807) is 32.0 Å². The van der Waals surface area contributed by atoms with Crippen molar-refractivity contribution in [2.45, 2.75) is 32.5 Å². The van der Waals surface area contributed by atoms with Crippen LogP contribution in [0.5, 0.6) is 0 Å². The molecule has 3 rings (SSSR count). The van der Waals surface area contributed by atoms with Crippen molar-refractivity contribution in [3.63, 3.8) is 0 Å². The molecule has 0 aliphatic heterocycles. The fourth-order valence-electron chi connectivity index (χ4n) is 2.92. The van der Waals surface area contributed by atoms with E-state index in [0.29, 0.717) is 11.4 Å². The van der Waals surface area contributed by atoms with Crippen molar-refractivity contribution in [3.8, 4) is 0 Å². The first-order chi connectivity index (χ1) is 14.1. The Bertz CT molecular complexity index is 1080. The Balaban J connectivity index is 1.75. The molecule has 1 unspecified atom stereocenters. The molecule has 2 heterocycles. The minimum atomic E-state index is -2.14. The molecule has 0 radical (unpaired) electrons. The lowest BCUT2D eigenvalue weighted by molar-refractivity contribution is -0.110. The van der Waals surface area contributed by atoms with Crippen molar-refractivity contribution < 1.29 is 18.7 Å². The predicted molar refractivity (Wildman–Crippen MR) is 110 cm³/mol. The number of halogens is 2. The standard InChI is InChI=1S/C21H21F2N5O2/c1-12-17(11-28(27-12)13(2)14-7-8-21(3,23)19(14)22)26-20(30)15(24)10-18(29)16-6-4-5-9-25-16/h4-11,13,24,29H,1-3H3,(H,26,30)/b18-10-,24-15?/t13-,21?/m1/s1. The Morgan fingerprint density at radius 2 is 2.17 bits per heavy atom. The van der Waals surface area contributed by atoms with Crippen LogP contribution in [0.1, 0.15) is 31.3 Å². The lowest BCUT2D eigenvalue weighted by atomic mass is 10.1. The number of nitrogens with zero attached hydrogens (tertiary/aromatic N) is 3. The number of nitrogens with one attached hydrogen (secondary N) is 2. The van der Waals surface area contributed by atoms with Crippen molar-refractivity contribution in [2.75, 3.05) is 5.32 Å². The van der Waals surface area contributed by atoms with E-state index in [0.717, 1.165) is 19.1 Å². The van der Waals surface area contributed by atoms with Gasteiger partial charge in [0, 0.05) is 24.0 Å². The van der Waals surface area contributed by atoms with Crippen molar-refractivity contribution in [1.29, 1.82) is 5.41 Å². The molecule has 1 aliphatic carbocycles. The summed E-state index contributed by atoms with van der Waals surface area (Å²) in [4.78, 5) is 16.3. The molecule has 0 saturated heterocycles. The van der Waals surface area contributed by atoms with E-state index >= 15 is 0 Å². The average Bonchev–Trinajstić information content (AvgIpc) is 3.21. The fourth-order valence-corrected chi connectivity index (χ4v) is 2.92. The second-order valence-electron chi connectivity index (χ2n) is 7.07. The molecule has 7 nitrogen and oxygen atoms in total. The lowest BCUT2D eigenvalue weighted by Crippen LogP contribution is -2.21. The Hall–Kier alpha value is -3.62. The highest BCUT2D eigenvalue weighted by Crippen LogP contribution is 2.38. The van der Waals surface area contributed by atoms with Crippen LogP contribution in [-0.2, 0) is 4.79 Å². The van der Waals surface area contributed by atoms with E-state index in [4.69, 9.17) is 5.41 Å². The number of aliphatic hydroxyl groups excluding tert-OH is 1. The molecule has 0 saturated carbocycles. The van der Waals surface area contributed by atoms with E-state index in [-0.39, 0.29) is 17.0 Å². The number of alkyl halides is 1. The molecule has 0 bridgehead atoms. The average molecular weight is 413 g/mol. The minimum absolute atomic E-state index is 0.163. The molecule has 3 N–H and O–H groups in total. The molecule has 2 aromatic rings. The van der Waals surface area contributed by atoms with Gasteiger partial charge in [-0.25, -0.2) is 8.78 Å². The molecule has 2 atom stereocenters. The molecule has 0 spiro atoms. The van der Waals surface area contributed by atoms with Gasteiger partial charge in [-0.15, -0.1) is 0 Å². The first-order valence-electron chi connectivity index (χ1n) is 9.16. The summed E-state index contributed by atoms with van der Waals surface area (Å²) in [6, 6.07) is 4.28. The molecule has 0 fully saturated rings. The number of rotatable bonds is 6. The van der Waals surface area contributed by atoms with Gasteiger partial charge in [0.05, 0.1) is 17.4 Å². The van der Waals surface area contributed by atoms with Crippen LogP contribution in [0.4, 0.5) is 14.5 Å². The SMILES string of the molecule is Cc1nn([C@H](C)C2=C(F)C(C)(F)C=C2)cc1NC(=O)C(=N)/C=C(\O)c1ccccn1. The summed E-state index contributed by atoms with van der Waals surface area (Å²) in [5, 5.41) is 24.7. The summed E-state index contributed by atoms with van der Waals surface area (Å²) in [5.74, 6) is -1.96. The van der Waals surface area contributed by atoms with Crippen molar-refractivity contribution >= 4 is 23.1 Å². The smallest absolute Gasteiger partial charge is 0.273 e. The fraction of sp³-hybridized carbons (Fsp3) is 0.238. The van der Waals surface area contributed by atoms with Crippen LogP contribution >= 0.6 is 0 Å². The Labute approximate surface area is 172 Å². The van der Waals surface area contributed by atoms with Crippen molar-refractivity contribution in [1.82, 2.24) is 14.8 Å². The summed E-state index contributed by atoms with van der Waals surface area (Å²) >= 11 is 0. The molecule has 30 heavy (non-hydrogen) atoms. The van der Waals surface area contributed by atoms with Crippen LogP contribution < -0.4 is 5.32 Å². The number of hydrogen-bond donors (Lipinski definition) is 3. The number of carbonyl (C=O) groups excluding carboxylic acids is 1. The number of amides is 1. The second kappa shape index (κ2) is 8.02. The summed E-state index contributed by atoms with van der Waals surface area (Å²) in [5.41, 5.74) is -1.48. The van der Waals surface area contributed by atoms with Gasteiger partial charge in [0.25, 0.3) is 5.91 Å². The molecule has 0 aromatic carbocycles. The molecule has 2 aromatic heterocycles. The zero-order valence-electron chi connectivity index (χ0n) is 16.6. The lowest BCUT2D eigenvalue weighted by Gasteiger charge is -2.15. The van der Waals surface area contributed by atoms with Gasteiger partial charge in [-0.3, -0.25) is 19.9 Å². The van der Waals surface area contributed by atoms with Crippen LogP contribution in [0.2, 0.25) is 0 Å². The van der Waals surface area contributed by atoms with Gasteiger partial charge in [-0.2, -0.15) is 5.10 Å². The van der Waals surface area contributed by atoms with Gasteiger partial charge in [-0.05, 0) is 39.0 Å². The number of pyridine rings is 1. The number of anilines is 1. The molecular weight excluding hydrogens is 392 g/mol. The van der Waals surface area contributed by atoms with Crippen LogP contribution in [0.3, 0.4) is 0 Å². The van der Waals surface area contributed by atoms with Crippen LogP contribution in [0, 0.1) is 12.3 Å². The summed E-state index contributed by atoms with van der Waals surface area (Å²) in [6.45, 7) is 4.44. The molecular formula is C21H21F2N5O2. The number of aromatic nitrogens is 3. The van der Waals surface area contributed by atoms with E-state index in [1.165, 1.54) is 23.2 Å². The second-order valence-corrected chi connectivity index (χ2v) is 7.07. The van der Waals surface area contributed by atoms with Gasteiger partial charge in [-0.1, -0.05) is 12.1 Å². The van der Waals surface area contributed by atoms with Crippen LogP contribution in [-0.4, -0.2) is 37.2 Å². The third-order valence-corrected chi connectivity index (χ3v) is 4.72. The largest absolute Gasteiger partial charge is 0.506 e. The maximum Gasteiger partial charge on any atom is 0.273 e. The first-order valence-corrected chi connectivity index (χ1v) is 9.16. The van der Waals surface area contributed by atoms with Gasteiger partial charge >= 0.3 is 0 Å². The third kappa shape index (κ3) is 4.19. The molecule has 9 heteroatoms. The number of aryl methyl sites for hydroxylation is 1. The minimum Gasteiger partial charge on any atom is -0.506 e. The zero-order chi connectivity index (χ0) is 22.1. The maximum absolute atomic E-state index is 14.3. The van der Waals surface area contributed by atoms with Gasteiger partial charge < -0.3 is 10.4 Å². The molecule has 1 aliphatic rings. The summed E-state index contributed by atoms with van der Waals surface area (Å²) in [6.07, 6.45) is 6.48. The van der Waals surface area contributed by atoms with E-state index < -0.39 is 29.2 Å². The maximum atomic E-state index is 14.3. The quantitative estimate of drug-likeness (QED) is 0.487. The van der Waals surface area contributed by atoms with Crippen molar-refractivity contribution in [3.05, 3.63) is 71.6 Å². The van der Waals surface area contributed by atoms with E-state index in [9.17, 15) is 18.7 Å². The van der Waals surface area contributed by atoms with Crippen LogP contribution in [0.25, 0.3) is 5.76 Å². The highest BCUT2D eigenvalue weighted by molar-refractivity contribution is 6.46. The number of carbonyl (C=O) groups is 1. The van der Waals surface area contributed by atoms with E-state index in [2.05, 4.69) is 15.4 Å². The highest BCUT2D eigenvalue weighted by Gasteiger charge is 2.35. The Morgan fingerprint density at radius 1 is 1.43 bits per heavy atom. The summed E-state index contributed by atoms with van der Waals surface area (Å²) < 4.78 is 29.7. The van der Waals surface area contributed by atoms with E-state index in [1.807, 2.05) is 0 Å². The van der Waals surface area contributed by atoms with Gasteiger partial charge in [0.15, 0.2) is 5.67 Å². The Kier molecular flexibility index (Phi) is 5.64. The topological polar surface area (TPSA) is 104 Å². The third-order valence-electron chi connectivity index (χ3n) is 4.72. The van der Waals surface area contributed by atoms with Gasteiger partial charge in [0.1, 0.15) is 23.0 Å².